The summed E-state index contributed by atoms with van der Waals surface area (Å²) in [5, 5.41) is 6.03. The van der Waals surface area contributed by atoms with Crippen molar-refractivity contribution < 1.29 is 14.4 Å². The van der Waals surface area contributed by atoms with Crippen LogP contribution in [0.15, 0.2) is 65.8 Å². The van der Waals surface area contributed by atoms with E-state index in [0.717, 1.165) is 39.5 Å². The van der Waals surface area contributed by atoms with Gasteiger partial charge < -0.3 is 9.40 Å². The smallest absolute Gasteiger partial charge is 0.331 e. The standard InChI is InChI=1S/C26H24N2O3/c1-5-28-24-14-13-19(26(30)20-10-7-6-9-16(20)2)15-23(24)22-12-8-11-21(25(22)28)17(3)27-31-18(4)29/h6-15H,5H2,1-4H3. The van der Waals surface area contributed by atoms with Crippen molar-refractivity contribution >= 4 is 39.3 Å². The van der Waals surface area contributed by atoms with Gasteiger partial charge in [0.2, 0.25) is 0 Å². The average molecular weight is 412 g/mol. The van der Waals surface area contributed by atoms with E-state index in [1.54, 1.807) is 0 Å². The van der Waals surface area contributed by atoms with E-state index in [1.165, 1.54) is 6.92 Å². The van der Waals surface area contributed by atoms with Crippen molar-refractivity contribution in [1.29, 1.82) is 0 Å². The Bertz CT molecular complexity index is 1360. The number of fused-ring (bicyclic) bond motifs is 3. The van der Waals surface area contributed by atoms with Crippen molar-refractivity contribution in [3.8, 4) is 0 Å². The van der Waals surface area contributed by atoms with Gasteiger partial charge in [-0.25, -0.2) is 4.79 Å². The van der Waals surface area contributed by atoms with Gasteiger partial charge in [0.05, 0.1) is 11.2 Å². The Morgan fingerprint density at radius 2 is 1.68 bits per heavy atom. The molecule has 1 aromatic heterocycles. The Kier molecular flexibility index (Phi) is 5.42. The summed E-state index contributed by atoms with van der Waals surface area (Å²) in [4.78, 5) is 29.2. The lowest BCUT2D eigenvalue weighted by Gasteiger charge is -2.08. The molecule has 0 bridgehead atoms. The zero-order chi connectivity index (χ0) is 22.1. The molecule has 4 rings (SSSR count). The van der Waals surface area contributed by atoms with E-state index in [1.807, 2.05) is 68.4 Å². The number of oxime groups is 1. The summed E-state index contributed by atoms with van der Waals surface area (Å²) in [5.41, 5.74) is 5.90. The third-order valence-corrected chi connectivity index (χ3v) is 5.55. The Labute approximate surface area is 180 Å². The highest BCUT2D eigenvalue weighted by Gasteiger charge is 2.18. The Hall–Kier alpha value is -3.73. The van der Waals surface area contributed by atoms with Gasteiger partial charge in [0.15, 0.2) is 5.78 Å². The molecule has 5 heteroatoms. The predicted octanol–water partition coefficient (Wildman–Crippen LogP) is 5.64. The summed E-state index contributed by atoms with van der Waals surface area (Å²) < 4.78 is 2.20. The van der Waals surface area contributed by atoms with E-state index in [0.29, 0.717) is 16.8 Å². The molecule has 4 aromatic rings. The lowest BCUT2D eigenvalue weighted by atomic mass is 9.97. The number of hydrogen-bond donors (Lipinski definition) is 0. The molecule has 0 aliphatic heterocycles. The molecule has 3 aromatic carbocycles. The second-order valence-electron chi connectivity index (χ2n) is 7.58. The van der Waals surface area contributed by atoms with E-state index in [2.05, 4.69) is 22.7 Å². The van der Waals surface area contributed by atoms with E-state index < -0.39 is 5.97 Å². The number of carbonyl (C=O) groups is 2. The molecule has 31 heavy (non-hydrogen) atoms. The highest BCUT2D eigenvalue weighted by atomic mass is 16.7. The molecular formula is C26H24N2O3. The van der Waals surface area contributed by atoms with Crippen molar-refractivity contribution in [3.05, 3.63) is 82.9 Å². The van der Waals surface area contributed by atoms with Gasteiger partial charge in [0.1, 0.15) is 0 Å². The number of aryl methyl sites for hydroxylation is 2. The van der Waals surface area contributed by atoms with Crippen LogP contribution >= 0.6 is 0 Å². The maximum absolute atomic E-state index is 13.2. The molecule has 0 aliphatic rings. The van der Waals surface area contributed by atoms with Crippen molar-refractivity contribution in [3.63, 3.8) is 0 Å². The fourth-order valence-corrected chi connectivity index (χ4v) is 4.09. The first-order chi connectivity index (χ1) is 14.9. The third kappa shape index (κ3) is 3.63. The fourth-order valence-electron chi connectivity index (χ4n) is 4.09. The zero-order valence-electron chi connectivity index (χ0n) is 18.1. The summed E-state index contributed by atoms with van der Waals surface area (Å²) in [5.74, 6) is -0.442. The van der Waals surface area contributed by atoms with Crippen LogP contribution in [0.5, 0.6) is 0 Å². The van der Waals surface area contributed by atoms with E-state index >= 15 is 0 Å². The van der Waals surface area contributed by atoms with Crippen LogP contribution < -0.4 is 0 Å². The first-order valence-corrected chi connectivity index (χ1v) is 10.3. The minimum Gasteiger partial charge on any atom is -0.340 e. The number of rotatable bonds is 5. The number of carbonyl (C=O) groups excluding carboxylic acids is 2. The number of nitrogens with zero attached hydrogens (tertiary/aromatic N) is 2. The first kappa shape index (κ1) is 20.5. The van der Waals surface area contributed by atoms with E-state index in [9.17, 15) is 9.59 Å². The van der Waals surface area contributed by atoms with Crippen LogP contribution in [0, 0.1) is 6.92 Å². The minimum atomic E-state index is -0.457. The molecule has 0 spiro atoms. The van der Waals surface area contributed by atoms with Crippen LogP contribution in [0.2, 0.25) is 0 Å². The predicted molar refractivity (Wildman–Crippen MR) is 124 cm³/mol. The van der Waals surface area contributed by atoms with Gasteiger partial charge in [0, 0.05) is 46.4 Å². The third-order valence-electron chi connectivity index (χ3n) is 5.55. The molecule has 0 atom stereocenters. The molecule has 5 nitrogen and oxygen atoms in total. The number of para-hydroxylation sites is 1. The van der Waals surface area contributed by atoms with Gasteiger partial charge in [-0.05, 0) is 44.5 Å². The van der Waals surface area contributed by atoms with Gasteiger partial charge in [-0.1, -0.05) is 47.6 Å². The van der Waals surface area contributed by atoms with Crippen LogP contribution in [0.25, 0.3) is 21.8 Å². The SMILES string of the molecule is CCn1c2ccc(C(=O)c3ccccc3C)cc2c2cccc(C(C)=NOC(C)=O)c21. The van der Waals surface area contributed by atoms with Crippen molar-refractivity contribution in [1.82, 2.24) is 4.57 Å². The Morgan fingerprint density at radius 1 is 0.935 bits per heavy atom. The largest absolute Gasteiger partial charge is 0.340 e. The second-order valence-corrected chi connectivity index (χ2v) is 7.58. The lowest BCUT2D eigenvalue weighted by molar-refractivity contribution is -0.140. The van der Waals surface area contributed by atoms with Gasteiger partial charge in [-0.15, -0.1) is 0 Å². The normalized spacial score (nSPS) is 11.8. The zero-order valence-corrected chi connectivity index (χ0v) is 18.1. The molecular weight excluding hydrogens is 388 g/mol. The Balaban J connectivity index is 1.93. The quantitative estimate of drug-likeness (QED) is 0.184. The summed E-state index contributed by atoms with van der Waals surface area (Å²) in [6, 6.07) is 19.5. The molecule has 0 fully saturated rings. The summed E-state index contributed by atoms with van der Waals surface area (Å²) in [6.45, 7) is 7.94. The fraction of sp³-hybridized carbons (Fsp3) is 0.192. The van der Waals surface area contributed by atoms with Gasteiger partial charge in [-0.2, -0.15) is 0 Å². The van der Waals surface area contributed by atoms with Crippen molar-refractivity contribution in [2.24, 2.45) is 5.16 Å². The number of aromatic nitrogens is 1. The van der Waals surface area contributed by atoms with Crippen molar-refractivity contribution in [2.45, 2.75) is 34.2 Å². The van der Waals surface area contributed by atoms with Crippen LogP contribution in [0.4, 0.5) is 0 Å². The number of ketones is 1. The molecule has 0 saturated heterocycles. The molecule has 1 heterocycles. The van der Waals surface area contributed by atoms with Gasteiger partial charge >= 0.3 is 5.97 Å². The molecule has 0 amide bonds. The van der Waals surface area contributed by atoms with Crippen LogP contribution in [0.3, 0.4) is 0 Å². The molecule has 0 saturated carbocycles. The highest BCUT2D eigenvalue weighted by molar-refractivity contribution is 6.19. The monoisotopic (exact) mass is 412 g/mol. The second kappa shape index (κ2) is 8.19. The average Bonchev–Trinajstić information content (AvgIpc) is 3.10. The molecule has 0 radical (unpaired) electrons. The first-order valence-electron chi connectivity index (χ1n) is 10.3. The summed E-state index contributed by atoms with van der Waals surface area (Å²) >= 11 is 0. The van der Waals surface area contributed by atoms with Gasteiger partial charge in [0.25, 0.3) is 0 Å². The van der Waals surface area contributed by atoms with Crippen LogP contribution in [-0.2, 0) is 16.2 Å². The van der Waals surface area contributed by atoms with Crippen LogP contribution in [-0.4, -0.2) is 22.0 Å². The van der Waals surface area contributed by atoms with Crippen LogP contribution in [0.1, 0.15) is 47.8 Å². The molecule has 156 valence electrons. The van der Waals surface area contributed by atoms with Crippen molar-refractivity contribution in [2.75, 3.05) is 0 Å². The topological polar surface area (TPSA) is 60.7 Å². The molecule has 0 N–H and O–H groups in total. The van der Waals surface area contributed by atoms with E-state index in [4.69, 9.17) is 4.84 Å². The lowest BCUT2D eigenvalue weighted by Crippen LogP contribution is -2.04. The maximum Gasteiger partial charge on any atom is 0.331 e. The summed E-state index contributed by atoms with van der Waals surface area (Å²) in [6.07, 6.45) is 0. The van der Waals surface area contributed by atoms with E-state index in [-0.39, 0.29) is 5.78 Å². The maximum atomic E-state index is 13.2. The molecule has 0 unspecified atom stereocenters. The summed E-state index contributed by atoms with van der Waals surface area (Å²) in [7, 11) is 0. The number of benzene rings is 3. The molecule has 0 aliphatic carbocycles. The highest BCUT2D eigenvalue weighted by Crippen LogP contribution is 2.33. The Morgan fingerprint density at radius 3 is 2.39 bits per heavy atom. The number of hydrogen-bond acceptors (Lipinski definition) is 4. The minimum absolute atomic E-state index is 0.0150. The van der Waals surface area contributed by atoms with Gasteiger partial charge in [-0.3, -0.25) is 4.79 Å².